The summed E-state index contributed by atoms with van der Waals surface area (Å²) in [5, 5.41) is 0.659. The standard InChI is InChI=1S/C14H18ClNO2/c1-9-6-12(9)14(17)16(2)8-10-7-11(15)4-5-13(10)18-3/h4-5,7,9,12H,6,8H2,1-3H3/t9-,12-/m1/s1. The van der Waals surface area contributed by atoms with Crippen LogP contribution in [0, 0.1) is 11.8 Å². The number of methoxy groups -OCH3 is 1. The molecule has 0 spiro atoms. The van der Waals surface area contributed by atoms with E-state index in [2.05, 4.69) is 6.92 Å². The smallest absolute Gasteiger partial charge is 0.226 e. The van der Waals surface area contributed by atoms with Gasteiger partial charge in [0, 0.05) is 30.1 Å². The Kier molecular flexibility index (Phi) is 3.81. The Balaban J connectivity index is 2.08. The third-order valence-corrected chi connectivity index (χ3v) is 3.69. The van der Waals surface area contributed by atoms with Gasteiger partial charge in [-0.2, -0.15) is 0 Å². The number of amides is 1. The molecule has 2 atom stereocenters. The van der Waals surface area contributed by atoms with Crippen molar-refractivity contribution in [3.63, 3.8) is 0 Å². The fourth-order valence-corrected chi connectivity index (χ4v) is 2.35. The predicted molar refractivity (Wildman–Crippen MR) is 71.7 cm³/mol. The summed E-state index contributed by atoms with van der Waals surface area (Å²) in [5.41, 5.74) is 0.939. The van der Waals surface area contributed by atoms with Crippen molar-refractivity contribution >= 4 is 17.5 Å². The van der Waals surface area contributed by atoms with Gasteiger partial charge in [-0.3, -0.25) is 4.79 Å². The molecule has 98 valence electrons. The summed E-state index contributed by atoms with van der Waals surface area (Å²) >= 11 is 5.98. The number of carbonyl (C=O) groups is 1. The monoisotopic (exact) mass is 267 g/mol. The summed E-state index contributed by atoms with van der Waals surface area (Å²) in [4.78, 5) is 13.8. The number of nitrogens with zero attached hydrogens (tertiary/aromatic N) is 1. The molecule has 1 aromatic rings. The van der Waals surface area contributed by atoms with E-state index in [1.807, 2.05) is 19.2 Å². The summed E-state index contributed by atoms with van der Waals surface area (Å²) in [5.74, 6) is 1.72. The lowest BCUT2D eigenvalue weighted by molar-refractivity contribution is -0.132. The molecule has 3 nitrogen and oxygen atoms in total. The van der Waals surface area contributed by atoms with Crippen LogP contribution in [0.1, 0.15) is 18.9 Å². The van der Waals surface area contributed by atoms with Crippen molar-refractivity contribution < 1.29 is 9.53 Å². The number of rotatable bonds is 4. The van der Waals surface area contributed by atoms with E-state index < -0.39 is 0 Å². The molecule has 0 saturated heterocycles. The van der Waals surface area contributed by atoms with Crippen molar-refractivity contribution in [2.75, 3.05) is 14.2 Å². The average molecular weight is 268 g/mol. The lowest BCUT2D eigenvalue weighted by atomic mass is 10.2. The quantitative estimate of drug-likeness (QED) is 0.839. The molecule has 1 amide bonds. The van der Waals surface area contributed by atoms with Crippen molar-refractivity contribution in [1.29, 1.82) is 0 Å². The van der Waals surface area contributed by atoms with Gasteiger partial charge >= 0.3 is 0 Å². The van der Waals surface area contributed by atoms with Crippen LogP contribution in [-0.4, -0.2) is 25.0 Å². The molecule has 1 aliphatic carbocycles. The van der Waals surface area contributed by atoms with Crippen molar-refractivity contribution in [3.05, 3.63) is 28.8 Å². The van der Waals surface area contributed by atoms with Crippen molar-refractivity contribution in [3.8, 4) is 5.75 Å². The number of hydrogen-bond donors (Lipinski definition) is 0. The summed E-state index contributed by atoms with van der Waals surface area (Å²) < 4.78 is 5.28. The molecule has 0 aliphatic heterocycles. The fraction of sp³-hybridized carbons (Fsp3) is 0.500. The second-order valence-corrected chi connectivity index (χ2v) is 5.41. The van der Waals surface area contributed by atoms with Gasteiger partial charge in [0.1, 0.15) is 5.75 Å². The SMILES string of the molecule is COc1ccc(Cl)cc1CN(C)C(=O)[C@@H]1C[C@H]1C. The second kappa shape index (κ2) is 5.19. The topological polar surface area (TPSA) is 29.5 Å². The minimum Gasteiger partial charge on any atom is -0.496 e. The number of carbonyl (C=O) groups excluding carboxylic acids is 1. The fourth-order valence-electron chi connectivity index (χ4n) is 2.15. The number of ether oxygens (including phenoxy) is 1. The van der Waals surface area contributed by atoms with Crippen LogP contribution < -0.4 is 4.74 Å². The normalized spacial score (nSPS) is 21.6. The largest absolute Gasteiger partial charge is 0.496 e. The van der Waals surface area contributed by atoms with Gasteiger partial charge in [-0.1, -0.05) is 18.5 Å². The van der Waals surface area contributed by atoms with E-state index in [0.29, 0.717) is 17.5 Å². The molecule has 4 heteroatoms. The van der Waals surface area contributed by atoms with Gasteiger partial charge in [-0.15, -0.1) is 0 Å². The van der Waals surface area contributed by atoms with E-state index >= 15 is 0 Å². The van der Waals surface area contributed by atoms with E-state index in [9.17, 15) is 4.79 Å². The molecule has 0 unspecified atom stereocenters. The molecular weight excluding hydrogens is 250 g/mol. The van der Waals surface area contributed by atoms with Gasteiger partial charge in [-0.05, 0) is 30.5 Å². The molecular formula is C14H18ClNO2. The Morgan fingerprint density at radius 3 is 2.78 bits per heavy atom. The van der Waals surface area contributed by atoms with Gasteiger partial charge in [0.25, 0.3) is 0 Å². The van der Waals surface area contributed by atoms with Crippen LogP contribution in [0.3, 0.4) is 0 Å². The zero-order valence-corrected chi connectivity index (χ0v) is 11.7. The minimum atomic E-state index is 0.208. The number of hydrogen-bond acceptors (Lipinski definition) is 2. The van der Waals surface area contributed by atoms with Gasteiger partial charge in [0.05, 0.1) is 7.11 Å². The molecule has 2 rings (SSSR count). The average Bonchev–Trinajstić information content (AvgIpc) is 3.05. The molecule has 0 bridgehead atoms. The first-order valence-corrected chi connectivity index (χ1v) is 6.48. The highest BCUT2D eigenvalue weighted by Gasteiger charge is 2.40. The third kappa shape index (κ3) is 2.78. The molecule has 0 radical (unpaired) electrons. The van der Waals surface area contributed by atoms with Crippen molar-refractivity contribution in [2.45, 2.75) is 19.9 Å². The highest BCUT2D eigenvalue weighted by Crippen LogP contribution is 2.39. The molecule has 0 aromatic heterocycles. The van der Waals surface area contributed by atoms with Crippen LogP contribution in [0.4, 0.5) is 0 Å². The van der Waals surface area contributed by atoms with Crippen LogP contribution in [0.5, 0.6) is 5.75 Å². The van der Waals surface area contributed by atoms with Crippen LogP contribution in [0.15, 0.2) is 18.2 Å². The maximum atomic E-state index is 12.1. The first-order valence-electron chi connectivity index (χ1n) is 6.10. The van der Waals surface area contributed by atoms with Gasteiger partial charge in [-0.25, -0.2) is 0 Å². The van der Waals surface area contributed by atoms with Crippen molar-refractivity contribution in [1.82, 2.24) is 4.90 Å². The van der Waals surface area contributed by atoms with Crippen LogP contribution in [-0.2, 0) is 11.3 Å². The molecule has 1 fully saturated rings. The van der Waals surface area contributed by atoms with E-state index in [0.717, 1.165) is 17.7 Å². The molecule has 1 saturated carbocycles. The lowest BCUT2D eigenvalue weighted by Gasteiger charge is -2.19. The summed E-state index contributed by atoms with van der Waals surface area (Å²) in [7, 11) is 3.45. The van der Waals surface area contributed by atoms with E-state index in [-0.39, 0.29) is 11.8 Å². The second-order valence-electron chi connectivity index (χ2n) is 4.97. The van der Waals surface area contributed by atoms with E-state index in [1.165, 1.54) is 0 Å². The first kappa shape index (κ1) is 13.2. The van der Waals surface area contributed by atoms with Crippen molar-refractivity contribution in [2.24, 2.45) is 11.8 Å². The maximum Gasteiger partial charge on any atom is 0.226 e. The zero-order chi connectivity index (χ0) is 13.3. The molecule has 1 aliphatic rings. The van der Waals surface area contributed by atoms with Crippen LogP contribution in [0.2, 0.25) is 5.02 Å². The molecule has 1 aromatic carbocycles. The number of benzene rings is 1. The molecule has 0 N–H and O–H groups in total. The number of halogens is 1. The lowest BCUT2D eigenvalue weighted by Crippen LogP contribution is -2.28. The zero-order valence-electron chi connectivity index (χ0n) is 10.9. The Hall–Kier alpha value is -1.22. The Bertz CT molecular complexity index is 461. The first-order chi connectivity index (χ1) is 8.52. The van der Waals surface area contributed by atoms with Crippen LogP contribution >= 0.6 is 11.6 Å². The molecule has 0 heterocycles. The Morgan fingerprint density at radius 2 is 2.22 bits per heavy atom. The summed E-state index contributed by atoms with van der Waals surface area (Å²) in [6.45, 7) is 2.64. The highest BCUT2D eigenvalue weighted by molar-refractivity contribution is 6.30. The maximum absolute atomic E-state index is 12.1. The highest BCUT2D eigenvalue weighted by atomic mass is 35.5. The van der Waals surface area contributed by atoms with Gasteiger partial charge in [0.15, 0.2) is 0 Å². The third-order valence-electron chi connectivity index (χ3n) is 3.45. The van der Waals surface area contributed by atoms with Gasteiger partial charge in [0.2, 0.25) is 5.91 Å². The summed E-state index contributed by atoms with van der Waals surface area (Å²) in [6.07, 6.45) is 1.01. The van der Waals surface area contributed by atoms with E-state index in [1.54, 1.807) is 18.1 Å². The predicted octanol–water partition coefficient (Wildman–Crippen LogP) is 2.96. The minimum absolute atomic E-state index is 0.208. The van der Waals surface area contributed by atoms with Crippen LogP contribution in [0.25, 0.3) is 0 Å². The summed E-state index contributed by atoms with van der Waals surface area (Å²) in [6, 6.07) is 5.46. The van der Waals surface area contributed by atoms with Gasteiger partial charge < -0.3 is 9.64 Å². The Labute approximate surface area is 113 Å². The Morgan fingerprint density at radius 1 is 1.56 bits per heavy atom. The van der Waals surface area contributed by atoms with E-state index in [4.69, 9.17) is 16.3 Å². The molecule has 18 heavy (non-hydrogen) atoms.